The Labute approximate surface area is 143 Å². The number of nitrogens with one attached hydrogen (secondary N) is 1. The van der Waals surface area contributed by atoms with Gasteiger partial charge in [0.25, 0.3) is 5.91 Å². The lowest BCUT2D eigenvalue weighted by molar-refractivity contribution is 0.0644. The zero-order chi connectivity index (χ0) is 17.6. The van der Waals surface area contributed by atoms with Crippen LogP contribution >= 0.6 is 0 Å². The van der Waals surface area contributed by atoms with Gasteiger partial charge in [-0.05, 0) is 13.0 Å². The van der Waals surface area contributed by atoms with E-state index in [4.69, 9.17) is 4.74 Å². The average Bonchev–Trinajstić information content (AvgIpc) is 2.91. The molecule has 0 spiro atoms. The molecule has 7 heteroatoms. The van der Waals surface area contributed by atoms with E-state index in [-0.39, 0.29) is 22.9 Å². The number of amides is 1. The molecule has 1 aromatic carbocycles. The molecule has 1 aliphatic heterocycles. The summed E-state index contributed by atoms with van der Waals surface area (Å²) in [5, 5.41) is 4.48. The minimum absolute atomic E-state index is 0.117. The van der Waals surface area contributed by atoms with Crippen molar-refractivity contribution in [1.82, 2.24) is 19.7 Å². The summed E-state index contributed by atoms with van der Waals surface area (Å²) in [5.74, 6) is 0.473. The predicted octanol–water partition coefficient (Wildman–Crippen LogP) is 1.68. The Kier molecular flexibility index (Phi) is 3.56. The Balaban J connectivity index is 1.75. The summed E-state index contributed by atoms with van der Waals surface area (Å²) < 4.78 is 7.36. The highest BCUT2D eigenvalue weighted by atomic mass is 16.5. The fourth-order valence-corrected chi connectivity index (χ4v) is 3.13. The van der Waals surface area contributed by atoms with Gasteiger partial charge in [-0.2, -0.15) is 5.10 Å². The molecular formula is C18H18N4O3. The Bertz CT molecular complexity index is 1020. The molecule has 1 unspecified atom stereocenters. The van der Waals surface area contributed by atoms with Crippen molar-refractivity contribution in [2.24, 2.45) is 7.05 Å². The monoisotopic (exact) mass is 338 g/mol. The molecule has 1 amide bonds. The lowest BCUT2D eigenvalue weighted by Gasteiger charge is -2.26. The van der Waals surface area contributed by atoms with E-state index >= 15 is 0 Å². The Morgan fingerprint density at radius 3 is 3.00 bits per heavy atom. The molecular weight excluding hydrogens is 320 g/mol. The van der Waals surface area contributed by atoms with E-state index in [9.17, 15) is 9.59 Å². The van der Waals surface area contributed by atoms with Crippen LogP contribution in [0.4, 0.5) is 0 Å². The Hall–Kier alpha value is -3.09. The zero-order valence-electron chi connectivity index (χ0n) is 14.0. The lowest BCUT2D eigenvalue weighted by atomic mass is 10.1. The first-order valence-electron chi connectivity index (χ1n) is 8.11. The molecule has 0 aliphatic carbocycles. The number of benzene rings is 1. The summed E-state index contributed by atoms with van der Waals surface area (Å²) in [7, 11) is 1.74. The van der Waals surface area contributed by atoms with Gasteiger partial charge in [-0.1, -0.05) is 18.2 Å². The van der Waals surface area contributed by atoms with Crippen LogP contribution in [-0.2, 0) is 13.6 Å². The number of rotatable bonds is 1. The van der Waals surface area contributed by atoms with E-state index in [1.165, 1.54) is 12.4 Å². The third kappa shape index (κ3) is 2.48. The second-order valence-electron chi connectivity index (χ2n) is 6.26. The van der Waals surface area contributed by atoms with Crippen LogP contribution in [0.2, 0.25) is 0 Å². The van der Waals surface area contributed by atoms with Crippen LogP contribution in [0.5, 0.6) is 5.75 Å². The van der Waals surface area contributed by atoms with Gasteiger partial charge in [0.2, 0.25) is 5.43 Å². The molecule has 25 heavy (non-hydrogen) atoms. The van der Waals surface area contributed by atoms with Gasteiger partial charge in [-0.25, -0.2) is 0 Å². The Morgan fingerprint density at radius 2 is 2.16 bits per heavy atom. The van der Waals surface area contributed by atoms with Crippen LogP contribution in [0.1, 0.15) is 22.8 Å². The quantitative estimate of drug-likeness (QED) is 0.732. The number of carbonyl (C=O) groups is 1. The van der Waals surface area contributed by atoms with Gasteiger partial charge in [0, 0.05) is 18.8 Å². The number of fused-ring (bicyclic) bond motifs is 2. The highest BCUT2D eigenvalue weighted by Crippen LogP contribution is 2.25. The number of H-pyrrole nitrogens is 1. The summed E-state index contributed by atoms with van der Waals surface area (Å²) in [4.78, 5) is 30.5. The number of nitrogens with zero attached hydrogens (tertiary/aromatic N) is 3. The van der Waals surface area contributed by atoms with Gasteiger partial charge >= 0.3 is 0 Å². The molecule has 0 fully saturated rings. The fourth-order valence-electron chi connectivity index (χ4n) is 3.13. The van der Waals surface area contributed by atoms with Crippen molar-refractivity contribution in [3.8, 4) is 5.75 Å². The Morgan fingerprint density at radius 1 is 1.36 bits per heavy atom. The topological polar surface area (TPSA) is 80.2 Å². The molecule has 0 saturated heterocycles. The third-order valence-corrected chi connectivity index (χ3v) is 4.60. The van der Waals surface area contributed by atoms with Crippen molar-refractivity contribution >= 4 is 16.9 Å². The number of aryl methyl sites for hydroxylation is 1. The number of hydrogen-bond donors (Lipinski definition) is 1. The molecule has 1 aliphatic rings. The van der Waals surface area contributed by atoms with Gasteiger partial charge in [0.1, 0.15) is 23.6 Å². The van der Waals surface area contributed by atoms with Crippen molar-refractivity contribution in [3.63, 3.8) is 0 Å². The molecule has 0 radical (unpaired) electrons. The van der Waals surface area contributed by atoms with Crippen molar-refractivity contribution in [2.75, 3.05) is 6.61 Å². The van der Waals surface area contributed by atoms with Crippen molar-refractivity contribution in [2.45, 2.75) is 19.5 Å². The van der Waals surface area contributed by atoms with Gasteiger partial charge in [-0.3, -0.25) is 14.3 Å². The molecule has 3 heterocycles. The molecule has 4 rings (SSSR count). The molecule has 1 atom stereocenters. The first kappa shape index (κ1) is 15.4. The van der Waals surface area contributed by atoms with E-state index in [1.54, 1.807) is 16.6 Å². The first-order chi connectivity index (χ1) is 12.1. The molecule has 7 nitrogen and oxygen atoms in total. The average molecular weight is 338 g/mol. The molecule has 0 saturated carbocycles. The smallest absolute Gasteiger partial charge is 0.260 e. The molecule has 1 N–H and O–H groups in total. The zero-order valence-corrected chi connectivity index (χ0v) is 14.0. The summed E-state index contributed by atoms with van der Waals surface area (Å²) >= 11 is 0. The highest BCUT2D eigenvalue weighted by molar-refractivity contribution is 5.96. The molecule has 128 valence electrons. The van der Waals surface area contributed by atoms with E-state index in [2.05, 4.69) is 10.1 Å². The first-order valence-corrected chi connectivity index (χ1v) is 8.11. The molecule has 2 aromatic heterocycles. The maximum absolute atomic E-state index is 13.1. The fraction of sp³-hybridized carbons (Fsp3) is 0.278. The second-order valence-corrected chi connectivity index (χ2v) is 6.26. The number of para-hydroxylation sites is 1. The predicted molar refractivity (Wildman–Crippen MR) is 92.6 cm³/mol. The van der Waals surface area contributed by atoms with Gasteiger partial charge in [-0.15, -0.1) is 0 Å². The lowest BCUT2D eigenvalue weighted by Crippen LogP contribution is -2.41. The maximum atomic E-state index is 13.1. The number of ether oxygens (including phenoxy) is 1. The normalized spacial score (nSPS) is 17.0. The highest BCUT2D eigenvalue weighted by Gasteiger charge is 2.28. The molecule has 0 bridgehead atoms. The summed E-state index contributed by atoms with van der Waals surface area (Å²) in [5.41, 5.74) is 1.34. The minimum atomic E-state index is -0.308. The summed E-state index contributed by atoms with van der Waals surface area (Å²) in [6, 6.07) is 7.49. The van der Waals surface area contributed by atoms with Gasteiger partial charge in [0.15, 0.2) is 0 Å². The van der Waals surface area contributed by atoms with Crippen LogP contribution in [0, 0.1) is 0 Å². The van der Waals surface area contributed by atoms with Crippen molar-refractivity contribution in [3.05, 3.63) is 58.0 Å². The van der Waals surface area contributed by atoms with Gasteiger partial charge in [0.05, 0.1) is 24.2 Å². The van der Waals surface area contributed by atoms with Crippen molar-refractivity contribution in [1.29, 1.82) is 0 Å². The minimum Gasteiger partial charge on any atom is -0.491 e. The summed E-state index contributed by atoms with van der Waals surface area (Å²) in [6.45, 7) is 2.71. The number of carbonyl (C=O) groups excluding carboxylic acids is 1. The van der Waals surface area contributed by atoms with Gasteiger partial charge < -0.3 is 14.6 Å². The number of hydrogen-bond acceptors (Lipinski definition) is 4. The number of pyridine rings is 1. The molecule has 3 aromatic rings. The van der Waals surface area contributed by atoms with E-state index in [0.717, 1.165) is 11.3 Å². The SMILES string of the molecule is CC1COc2ccccc2CN1C(=O)c1c[nH]c2c(cnn2C)c1=O. The standard InChI is InChI=1S/C18H18N4O3/c1-11-10-25-15-6-4-3-5-12(15)9-22(11)18(24)14-7-19-17-13(16(14)23)8-20-21(17)2/h3-8,11H,9-10H2,1-2H3,(H,19,23). The van der Waals surface area contributed by atoms with Crippen LogP contribution in [-0.4, -0.2) is 38.2 Å². The van der Waals surface area contributed by atoms with Crippen LogP contribution in [0.25, 0.3) is 11.0 Å². The number of aromatic amines is 1. The largest absolute Gasteiger partial charge is 0.491 e. The second kappa shape index (κ2) is 5.77. The van der Waals surface area contributed by atoms with Crippen LogP contribution in [0.15, 0.2) is 41.5 Å². The maximum Gasteiger partial charge on any atom is 0.260 e. The summed E-state index contributed by atoms with van der Waals surface area (Å²) in [6.07, 6.45) is 2.95. The van der Waals surface area contributed by atoms with Crippen LogP contribution < -0.4 is 10.2 Å². The van der Waals surface area contributed by atoms with E-state index in [1.807, 2.05) is 31.2 Å². The van der Waals surface area contributed by atoms with Crippen molar-refractivity contribution < 1.29 is 9.53 Å². The van der Waals surface area contributed by atoms with E-state index in [0.29, 0.717) is 24.2 Å². The third-order valence-electron chi connectivity index (χ3n) is 4.60. The number of aromatic nitrogens is 3. The van der Waals surface area contributed by atoms with Crippen LogP contribution in [0.3, 0.4) is 0 Å². The van der Waals surface area contributed by atoms with E-state index < -0.39 is 0 Å².